The quantitative estimate of drug-likeness (QED) is 0.578. The Morgan fingerprint density at radius 1 is 1.04 bits per heavy atom. The number of nitrogens with zero attached hydrogens (tertiary/aromatic N) is 4. The van der Waals surface area contributed by atoms with Crippen LogP contribution in [0, 0.1) is 0 Å². The van der Waals surface area contributed by atoms with Crippen molar-refractivity contribution in [3.8, 4) is 0 Å². The second-order valence-corrected chi connectivity index (χ2v) is 7.05. The second kappa shape index (κ2) is 8.72. The average molecular weight is 407 g/mol. The molecule has 0 spiro atoms. The van der Waals surface area contributed by atoms with Gasteiger partial charge in [0.05, 0.1) is 0 Å². The summed E-state index contributed by atoms with van der Waals surface area (Å²) in [5.41, 5.74) is 0.697. The highest BCUT2D eigenvalue weighted by Gasteiger charge is 2.20. The number of imidazole rings is 1. The third-order valence-electron chi connectivity index (χ3n) is 4.66. The molecule has 2 N–H and O–H groups in total. The molecule has 0 atom stereocenters. The van der Waals surface area contributed by atoms with Crippen molar-refractivity contribution in [1.82, 2.24) is 18.7 Å². The molecule has 0 bridgehead atoms. The molecule has 0 saturated carbocycles. The molecule has 2 aromatic heterocycles. The fourth-order valence-electron chi connectivity index (χ4n) is 3.21. The van der Waals surface area contributed by atoms with E-state index in [-0.39, 0.29) is 19.8 Å². The predicted octanol–water partition coefficient (Wildman–Crippen LogP) is 0.906. The lowest BCUT2D eigenvalue weighted by atomic mass is 10.2. The van der Waals surface area contributed by atoms with Crippen LogP contribution in [0.15, 0.2) is 33.9 Å². The molecule has 1 aromatic carbocycles. The summed E-state index contributed by atoms with van der Waals surface area (Å²) in [7, 11) is 1.58. The standard InChI is InChI=1S/C19H23ClN4O4/c1-22-17-16(18(27)23(19(22)28)9-3-11-26)24(15(21-17)4-2-10-25)12-13-5-7-14(20)8-6-13/h5-8,25-26H,2-4,9-12H2,1H3. The molecule has 150 valence electrons. The van der Waals surface area contributed by atoms with Crippen molar-refractivity contribution in [2.45, 2.75) is 32.4 Å². The van der Waals surface area contributed by atoms with Crippen LogP contribution < -0.4 is 11.2 Å². The zero-order chi connectivity index (χ0) is 20.3. The summed E-state index contributed by atoms with van der Waals surface area (Å²) in [6.07, 6.45) is 1.28. The van der Waals surface area contributed by atoms with Crippen LogP contribution in [-0.2, 0) is 26.6 Å². The van der Waals surface area contributed by atoms with Gasteiger partial charge in [-0.15, -0.1) is 0 Å². The van der Waals surface area contributed by atoms with Gasteiger partial charge in [0.15, 0.2) is 11.2 Å². The summed E-state index contributed by atoms with van der Waals surface area (Å²) in [5.74, 6) is 0.631. The van der Waals surface area contributed by atoms with Gasteiger partial charge >= 0.3 is 5.69 Å². The van der Waals surface area contributed by atoms with E-state index in [1.165, 1.54) is 4.57 Å². The molecule has 0 amide bonds. The van der Waals surface area contributed by atoms with E-state index in [0.29, 0.717) is 47.8 Å². The summed E-state index contributed by atoms with van der Waals surface area (Å²) in [4.78, 5) is 30.2. The SMILES string of the molecule is Cn1c(=O)n(CCCO)c(=O)c2c1nc(CCCO)n2Cc1ccc(Cl)cc1. The first-order valence-corrected chi connectivity index (χ1v) is 9.50. The van der Waals surface area contributed by atoms with Crippen molar-refractivity contribution in [3.63, 3.8) is 0 Å². The zero-order valence-corrected chi connectivity index (χ0v) is 16.4. The van der Waals surface area contributed by atoms with Gasteiger partial charge in [-0.05, 0) is 30.5 Å². The summed E-state index contributed by atoms with van der Waals surface area (Å²) in [6.45, 7) is 0.418. The van der Waals surface area contributed by atoms with Gasteiger partial charge in [0.1, 0.15) is 5.82 Å². The number of aromatic nitrogens is 4. The Labute approximate surface area is 166 Å². The van der Waals surface area contributed by atoms with Crippen molar-refractivity contribution in [2.24, 2.45) is 7.05 Å². The Kier molecular flexibility index (Phi) is 6.33. The Morgan fingerprint density at radius 3 is 2.36 bits per heavy atom. The van der Waals surface area contributed by atoms with Crippen LogP contribution in [0.2, 0.25) is 5.02 Å². The van der Waals surface area contributed by atoms with Gasteiger partial charge in [-0.1, -0.05) is 23.7 Å². The molecule has 2 heterocycles. The minimum absolute atomic E-state index is 0.00378. The molecule has 8 nitrogen and oxygen atoms in total. The maximum Gasteiger partial charge on any atom is 0.332 e. The molecule has 0 unspecified atom stereocenters. The van der Waals surface area contributed by atoms with Gasteiger partial charge < -0.3 is 14.8 Å². The lowest BCUT2D eigenvalue weighted by Crippen LogP contribution is -2.40. The van der Waals surface area contributed by atoms with Gasteiger partial charge in [-0.2, -0.15) is 0 Å². The molecule has 9 heteroatoms. The number of fused-ring (bicyclic) bond motifs is 1. The molecule has 3 aromatic rings. The number of aryl methyl sites for hydroxylation is 2. The first kappa shape index (κ1) is 20.3. The van der Waals surface area contributed by atoms with Crippen LogP contribution in [0.5, 0.6) is 0 Å². The number of aliphatic hydroxyl groups excluding tert-OH is 2. The number of aliphatic hydroxyl groups is 2. The molecule has 0 radical (unpaired) electrons. The third-order valence-corrected chi connectivity index (χ3v) is 4.92. The van der Waals surface area contributed by atoms with Gasteiger partial charge in [-0.25, -0.2) is 9.78 Å². The van der Waals surface area contributed by atoms with Crippen LogP contribution in [0.4, 0.5) is 0 Å². The lowest BCUT2D eigenvalue weighted by molar-refractivity contribution is 0.277. The summed E-state index contributed by atoms with van der Waals surface area (Å²) in [6, 6.07) is 7.30. The number of rotatable bonds is 8. The van der Waals surface area contributed by atoms with Crippen molar-refractivity contribution in [3.05, 3.63) is 61.5 Å². The lowest BCUT2D eigenvalue weighted by Gasteiger charge is -2.11. The van der Waals surface area contributed by atoms with Crippen LogP contribution in [0.1, 0.15) is 24.2 Å². The second-order valence-electron chi connectivity index (χ2n) is 6.62. The first-order valence-electron chi connectivity index (χ1n) is 9.13. The van der Waals surface area contributed by atoms with Gasteiger partial charge in [0, 0.05) is 44.8 Å². The van der Waals surface area contributed by atoms with Crippen LogP contribution in [0.3, 0.4) is 0 Å². The molecule has 0 aliphatic carbocycles. The molecule has 0 aliphatic heterocycles. The van der Waals surface area contributed by atoms with Crippen molar-refractivity contribution >= 4 is 22.8 Å². The molecule has 0 saturated heterocycles. The van der Waals surface area contributed by atoms with Gasteiger partial charge in [0.2, 0.25) is 0 Å². The average Bonchev–Trinajstić information content (AvgIpc) is 3.05. The van der Waals surface area contributed by atoms with Crippen LogP contribution in [0.25, 0.3) is 11.2 Å². The third kappa shape index (κ3) is 3.89. The fraction of sp³-hybridized carbons (Fsp3) is 0.421. The Bertz CT molecular complexity index is 1080. The number of benzene rings is 1. The van der Waals surface area contributed by atoms with E-state index < -0.39 is 11.2 Å². The molecule has 0 aliphatic rings. The summed E-state index contributed by atoms with van der Waals surface area (Å²) in [5, 5.41) is 18.9. The highest BCUT2D eigenvalue weighted by atomic mass is 35.5. The van der Waals surface area contributed by atoms with E-state index in [1.807, 2.05) is 12.1 Å². The molecule has 28 heavy (non-hydrogen) atoms. The van der Waals surface area contributed by atoms with Crippen molar-refractivity contribution in [2.75, 3.05) is 13.2 Å². The highest BCUT2D eigenvalue weighted by molar-refractivity contribution is 6.30. The number of hydrogen-bond acceptors (Lipinski definition) is 5. The van der Waals surface area contributed by atoms with E-state index in [4.69, 9.17) is 16.7 Å². The van der Waals surface area contributed by atoms with Crippen molar-refractivity contribution in [1.29, 1.82) is 0 Å². The predicted molar refractivity (Wildman–Crippen MR) is 107 cm³/mol. The van der Waals surface area contributed by atoms with Crippen molar-refractivity contribution < 1.29 is 10.2 Å². The number of hydrogen-bond donors (Lipinski definition) is 2. The minimum atomic E-state index is -0.462. The molecular formula is C19H23ClN4O4. The summed E-state index contributed by atoms with van der Waals surface area (Å²) < 4.78 is 4.29. The Morgan fingerprint density at radius 2 is 1.71 bits per heavy atom. The zero-order valence-electron chi connectivity index (χ0n) is 15.6. The van der Waals surface area contributed by atoms with E-state index in [0.717, 1.165) is 10.1 Å². The number of halogens is 1. The van der Waals surface area contributed by atoms with E-state index in [9.17, 15) is 14.7 Å². The van der Waals surface area contributed by atoms with E-state index in [2.05, 4.69) is 4.98 Å². The van der Waals surface area contributed by atoms with E-state index in [1.54, 1.807) is 23.7 Å². The maximum atomic E-state index is 13.1. The molecule has 3 rings (SSSR count). The van der Waals surface area contributed by atoms with Crippen LogP contribution >= 0.6 is 11.6 Å². The Balaban J connectivity index is 2.22. The maximum absolute atomic E-state index is 13.1. The smallest absolute Gasteiger partial charge is 0.332 e. The Hall–Kier alpha value is -2.42. The minimum Gasteiger partial charge on any atom is -0.396 e. The molecule has 0 fully saturated rings. The fourth-order valence-corrected chi connectivity index (χ4v) is 3.34. The largest absolute Gasteiger partial charge is 0.396 e. The molecular weight excluding hydrogens is 384 g/mol. The van der Waals surface area contributed by atoms with Gasteiger partial charge in [-0.3, -0.25) is 13.9 Å². The highest BCUT2D eigenvalue weighted by Crippen LogP contribution is 2.17. The van der Waals surface area contributed by atoms with Gasteiger partial charge in [0.25, 0.3) is 5.56 Å². The summed E-state index contributed by atoms with van der Waals surface area (Å²) >= 11 is 5.96. The van der Waals surface area contributed by atoms with E-state index >= 15 is 0 Å². The topological polar surface area (TPSA) is 102 Å². The normalized spacial score (nSPS) is 11.4. The van der Waals surface area contributed by atoms with Crippen LogP contribution in [-0.4, -0.2) is 42.1 Å². The first-order chi connectivity index (χ1) is 13.5. The monoisotopic (exact) mass is 406 g/mol.